The Kier molecular flexibility index (Phi) is 4.19. The van der Waals surface area contributed by atoms with E-state index >= 15 is 0 Å². The molecular formula is C11H14BrNO3S. The Balaban J connectivity index is 2.29. The van der Waals surface area contributed by atoms with Gasteiger partial charge in [-0.2, -0.15) is 4.31 Å². The van der Waals surface area contributed by atoms with E-state index in [9.17, 15) is 8.42 Å². The quantitative estimate of drug-likeness (QED) is 0.795. The molecule has 0 atom stereocenters. The summed E-state index contributed by atoms with van der Waals surface area (Å²) in [5.74, 6) is 0. The number of hydrogen-bond acceptors (Lipinski definition) is 3. The van der Waals surface area contributed by atoms with Crippen molar-refractivity contribution in [3.8, 4) is 0 Å². The Morgan fingerprint density at radius 1 is 1.29 bits per heavy atom. The van der Waals surface area contributed by atoms with Gasteiger partial charge >= 0.3 is 0 Å². The summed E-state index contributed by atoms with van der Waals surface area (Å²) < 4.78 is 31.3. The molecule has 2 rings (SSSR count). The summed E-state index contributed by atoms with van der Waals surface area (Å²) in [4.78, 5) is 0.358. The third-order valence-corrected chi connectivity index (χ3v) is 5.20. The fourth-order valence-electron chi connectivity index (χ4n) is 1.73. The molecule has 1 aliphatic rings. The first-order valence-electron chi connectivity index (χ1n) is 5.37. The van der Waals surface area contributed by atoms with Crippen LogP contribution in [0.5, 0.6) is 0 Å². The minimum absolute atomic E-state index is 0.358. The van der Waals surface area contributed by atoms with Crippen LogP contribution in [0.3, 0.4) is 0 Å². The lowest BCUT2D eigenvalue weighted by molar-refractivity contribution is 0.0730. The van der Waals surface area contributed by atoms with Crippen molar-refractivity contribution in [1.29, 1.82) is 0 Å². The van der Waals surface area contributed by atoms with Crippen LogP contribution in [0.25, 0.3) is 0 Å². The molecule has 1 aliphatic heterocycles. The van der Waals surface area contributed by atoms with Crippen LogP contribution in [0, 0.1) is 0 Å². The van der Waals surface area contributed by atoms with E-state index in [1.165, 1.54) is 4.31 Å². The first-order chi connectivity index (χ1) is 8.14. The number of alkyl halides is 1. The highest BCUT2D eigenvalue weighted by molar-refractivity contribution is 9.08. The molecule has 1 heterocycles. The molecule has 0 aliphatic carbocycles. The summed E-state index contributed by atoms with van der Waals surface area (Å²) in [6.07, 6.45) is 0. The number of ether oxygens (including phenoxy) is 1. The van der Waals surface area contributed by atoms with Crippen LogP contribution < -0.4 is 0 Å². The van der Waals surface area contributed by atoms with Gasteiger partial charge in [0.25, 0.3) is 0 Å². The molecule has 1 saturated heterocycles. The van der Waals surface area contributed by atoms with E-state index in [1.54, 1.807) is 18.2 Å². The molecule has 0 bridgehead atoms. The smallest absolute Gasteiger partial charge is 0.243 e. The Hall–Kier alpha value is -0.430. The lowest BCUT2D eigenvalue weighted by Crippen LogP contribution is -2.40. The van der Waals surface area contributed by atoms with Gasteiger partial charge < -0.3 is 4.74 Å². The molecular weight excluding hydrogens is 306 g/mol. The molecule has 6 heteroatoms. The van der Waals surface area contributed by atoms with Crippen molar-refractivity contribution in [2.24, 2.45) is 0 Å². The van der Waals surface area contributed by atoms with Crippen molar-refractivity contribution < 1.29 is 13.2 Å². The van der Waals surface area contributed by atoms with E-state index < -0.39 is 10.0 Å². The maximum absolute atomic E-state index is 12.3. The molecule has 0 saturated carbocycles. The molecule has 0 aromatic heterocycles. The largest absolute Gasteiger partial charge is 0.379 e. The highest BCUT2D eigenvalue weighted by atomic mass is 79.9. The highest BCUT2D eigenvalue weighted by Crippen LogP contribution is 2.19. The van der Waals surface area contributed by atoms with E-state index in [0.29, 0.717) is 36.5 Å². The number of hydrogen-bond donors (Lipinski definition) is 0. The van der Waals surface area contributed by atoms with Crippen LogP contribution in [-0.2, 0) is 20.1 Å². The number of sulfonamides is 1. The van der Waals surface area contributed by atoms with Crippen LogP contribution >= 0.6 is 15.9 Å². The van der Waals surface area contributed by atoms with Gasteiger partial charge in [-0.25, -0.2) is 8.42 Å². The van der Waals surface area contributed by atoms with E-state index in [1.807, 2.05) is 6.07 Å². The van der Waals surface area contributed by atoms with Gasteiger partial charge in [-0.05, 0) is 17.7 Å². The van der Waals surface area contributed by atoms with Crippen molar-refractivity contribution in [2.45, 2.75) is 10.2 Å². The fraction of sp³-hybridized carbons (Fsp3) is 0.455. The first-order valence-corrected chi connectivity index (χ1v) is 7.93. The number of rotatable bonds is 3. The molecule has 0 N–H and O–H groups in total. The van der Waals surface area contributed by atoms with Crippen LogP contribution in [0.4, 0.5) is 0 Å². The van der Waals surface area contributed by atoms with E-state index in [0.717, 1.165) is 5.56 Å². The summed E-state index contributed by atoms with van der Waals surface area (Å²) >= 11 is 3.33. The van der Waals surface area contributed by atoms with Crippen molar-refractivity contribution >= 4 is 26.0 Å². The third kappa shape index (κ3) is 2.88. The van der Waals surface area contributed by atoms with Crippen molar-refractivity contribution in [1.82, 2.24) is 4.31 Å². The van der Waals surface area contributed by atoms with Gasteiger partial charge in [0, 0.05) is 18.4 Å². The summed E-state index contributed by atoms with van der Waals surface area (Å²) in [6, 6.07) is 7.01. The van der Waals surface area contributed by atoms with E-state index in [2.05, 4.69) is 15.9 Å². The zero-order chi connectivity index (χ0) is 12.3. The predicted molar refractivity (Wildman–Crippen MR) is 68.7 cm³/mol. The maximum Gasteiger partial charge on any atom is 0.243 e. The SMILES string of the molecule is O=S(=O)(c1cccc(CBr)c1)N1CCOCC1. The highest BCUT2D eigenvalue weighted by Gasteiger charge is 2.26. The normalized spacial score (nSPS) is 18.2. The molecule has 1 aromatic rings. The van der Waals surface area contributed by atoms with Gasteiger partial charge in [-0.3, -0.25) is 0 Å². The maximum atomic E-state index is 12.3. The number of nitrogens with zero attached hydrogens (tertiary/aromatic N) is 1. The monoisotopic (exact) mass is 319 g/mol. The molecule has 17 heavy (non-hydrogen) atoms. The summed E-state index contributed by atoms with van der Waals surface area (Å²) in [6.45, 7) is 1.80. The number of morpholine rings is 1. The average Bonchev–Trinajstić information content (AvgIpc) is 2.40. The Morgan fingerprint density at radius 3 is 2.65 bits per heavy atom. The molecule has 0 amide bonds. The first kappa shape index (κ1) is 13.0. The van der Waals surface area contributed by atoms with Crippen LogP contribution in [0.15, 0.2) is 29.2 Å². The molecule has 0 radical (unpaired) electrons. The minimum atomic E-state index is -3.36. The summed E-state index contributed by atoms with van der Waals surface area (Å²) in [5.41, 5.74) is 0.958. The van der Waals surface area contributed by atoms with Crippen molar-refractivity contribution in [2.75, 3.05) is 26.3 Å². The molecule has 1 fully saturated rings. The predicted octanol–water partition coefficient (Wildman–Crippen LogP) is 1.60. The zero-order valence-electron chi connectivity index (χ0n) is 9.30. The number of halogens is 1. The molecule has 4 nitrogen and oxygen atoms in total. The van der Waals surface area contributed by atoms with Gasteiger partial charge in [0.1, 0.15) is 0 Å². The van der Waals surface area contributed by atoms with Crippen molar-refractivity contribution in [3.63, 3.8) is 0 Å². The second kappa shape index (κ2) is 5.48. The molecule has 94 valence electrons. The lowest BCUT2D eigenvalue weighted by atomic mass is 10.2. The second-order valence-electron chi connectivity index (χ2n) is 3.80. The second-order valence-corrected chi connectivity index (χ2v) is 6.30. The Labute approximate surface area is 110 Å². The van der Waals surface area contributed by atoms with Gasteiger partial charge in [0.05, 0.1) is 18.1 Å². The Bertz CT molecular complexity index is 483. The third-order valence-electron chi connectivity index (χ3n) is 2.66. The topological polar surface area (TPSA) is 46.6 Å². The fourth-order valence-corrected chi connectivity index (χ4v) is 3.55. The van der Waals surface area contributed by atoms with Gasteiger partial charge in [0.2, 0.25) is 10.0 Å². The summed E-state index contributed by atoms with van der Waals surface area (Å²) in [7, 11) is -3.36. The van der Waals surface area contributed by atoms with Gasteiger partial charge in [0.15, 0.2) is 0 Å². The average molecular weight is 320 g/mol. The van der Waals surface area contributed by atoms with E-state index in [-0.39, 0.29) is 0 Å². The van der Waals surface area contributed by atoms with E-state index in [4.69, 9.17) is 4.74 Å². The number of benzene rings is 1. The summed E-state index contributed by atoms with van der Waals surface area (Å²) in [5, 5.41) is 0.652. The minimum Gasteiger partial charge on any atom is -0.379 e. The van der Waals surface area contributed by atoms with Crippen molar-refractivity contribution in [3.05, 3.63) is 29.8 Å². The Morgan fingerprint density at radius 2 is 2.00 bits per heavy atom. The standard InChI is InChI=1S/C11H14BrNO3S/c12-9-10-2-1-3-11(8-10)17(14,15)13-4-6-16-7-5-13/h1-3,8H,4-7,9H2. The lowest BCUT2D eigenvalue weighted by Gasteiger charge is -2.26. The van der Waals surface area contributed by atoms with Crippen LogP contribution in [0.1, 0.15) is 5.56 Å². The molecule has 0 unspecified atom stereocenters. The molecule has 0 spiro atoms. The zero-order valence-corrected chi connectivity index (χ0v) is 11.7. The van der Waals surface area contributed by atoms with Crippen LogP contribution in [0.2, 0.25) is 0 Å². The van der Waals surface area contributed by atoms with Crippen LogP contribution in [-0.4, -0.2) is 39.0 Å². The van der Waals surface area contributed by atoms with Gasteiger partial charge in [-0.15, -0.1) is 0 Å². The van der Waals surface area contributed by atoms with Gasteiger partial charge in [-0.1, -0.05) is 28.1 Å². The molecule has 1 aromatic carbocycles.